The van der Waals surface area contributed by atoms with Crippen molar-refractivity contribution in [2.24, 2.45) is 14.1 Å². The highest BCUT2D eigenvalue weighted by atomic mass is 32.2. The second kappa shape index (κ2) is 4.28. The number of aromatic amines is 1. The summed E-state index contributed by atoms with van der Waals surface area (Å²) in [5.41, 5.74) is 7.56. The van der Waals surface area contributed by atoms with Gasteiger partial charge in [-0.3, -0.25) is 9.25 Å². The Morgan fingerprint density at radius 2 is 2.18 bits per heavy atom. The number of H-pyrrole nitrogens is 1. The highest BCUT2D eigenvalue weighted by molar-refractivity contribution is 7.98. The number of aromatic nitrogens is 5. The maximum Gasteiger partial charge on any atom is 0.343 e. The molecular formula is C9H14N6OS. The van der Waals surface area contributed by atoms with E-state index in [1.165, 1.54) is 16.3 Å². The van der Waals surface area contributed by atoms with Crippen LogP contribution in [0.15, 0.2) is 9.95 Å². The van der Waals surface area contributed by atoms with Gasteiger partial charge in [0.25, 0.3) is 0 Å². The van der Waals surface area contributed by atoms with E-state index in [2.05, 4.69) is 15.3 Å². The van der Waals surface area contributed by atoms with Crippen LogP contribution < -0.4 is 11.4 Å². The summed E-state index contributed by atoms with van der Waals surface area (Å²) in [5, 5.41) is 11.2. The summed E-state index contributed by atoms with van der Waals surface area (Å²) < 4.78 is 3.11. The van der Waals surface area contributed by atoms with E-state index in [0.29, 0.717) is 16.7 Å². The molecule has 0 bridgehead atoms. The summed E-state index contributed by atoms with van der Waals surface area (Å²) in [6, 6.07) is 0. The lowest BCUT2D eigenvalue weighted by Crippen LogP contribution is -2.12. The van der Waals surface area contributed by atoms with Crippen molar-refractivity contribution in [1.82, 2.24) is 24.5 Å². The van der Waals surface area contributed by atoms with Gasteiger partial charge in [0.1, 0.15) is 5.82 Å². The Morgan fingerprint density at radius 3 is 2.65 bits per heavy atom. The fourth-order valence-electron chi connectivity index (χ4n) is 1.50. The maximum absolute atomic E-state index is 11.2. The van der Waals surface area contributed by atoms with Gasteiger partial charge in [-0.2, -0.15) is 5.10 Å². The van der Waals surface area contributed by atoms with Crippen LogP contribution in [-0.2, 0) is 19.8 Å². The van der Waals surface area contributed by atoms with Crippen molar-refractivity contribution in [3.05, 3.63) is 21.7 Å². The minimum atomic E-state index is -0.219. The molecule has 0 aliphatic rings. The van der Waals surface area contributed by atoms with Crippen molar-refractivity contribution in [1.29, 1.82) is 0 Å². The number of aryl methyl sites for hydroxylation is 2. The fourth-order valence-corrected chi connectivity index (χ4v) is 2.51. The van der Waals surface area contributed by atoms with Crippen molar-refractivity contribution in [3.8, 4) is 0 Å². The molecule has 0 unspecified atom stereocenters. The molecule has 0 aliphatic carbocycles. The van der Waals surface area contributed by atoms with Crippen LogP contribution >= 0.6 is 11.8 Å². The summed E-state index contributed by atoms with van der Waals surface area (Å²) in [4.78, 5) is 11.2. The molecule has 2 heterocycles. The van der Waals surface area contributed by atoms with Gasteiger partial charge in [-0.15, -0.1) is 5.10 Å². The Bertz CT molecular complexity index is 595. The average molecular weight is 254 g/mol. The zero-order valence-electron chi connectivity index (χ0n) is 9.89. The molecule has 92 valence electrons. The van der Waals surface area contributed by atoms with Gasteiger partial charge in [0.05, 0.1) is 5.69 Å². The number of nitrogens with zero attached hydrogens (tertiary/aromatic N) is 4. The van der Waals surface area contributed by atoms with Crippen LogP contribution in [0.4, 0.5) is 5.82 Å². The molecule has 7 nitrogen and oxygen atoms in total. The molecule has 17 heavy (non-hydrogen) atoms. The number of anilines is 1. The predicted molar refractivity (Wildman–Crippen MR) is 65.7 cm³/mol. The smallest absolute Gasteiger partial charge is 0.343 e. The van der Waals surface area contributed by atoms with Gasteiger partial charge >= 0.3 is 5.69 Å². The van der Waals surface area contributed by atoms with Crippen LogP contribution in [0.5, 0.6) is 0 Å². The largest absolute Gasteiger partial charge is 0.384 e. The fraction of sp³-hybridized carbons (Fsp3) is 0.444. The van der Waals surface area contributed by atoms with E-state index in [-0.39, 0.29) is 5.69 Å². The quantitative estimate of drug-likeness (QED) is 0.753. The molecule has 0 radical (unpaired) electrons. The first-order chi connectivity index (χ1) is 8.00. The number of hydrogen-bond acceptors (Lipinski definition) is 5. The molecule has 2 aromatic rings. The number of thioether (sulfide) groups is 1. The summed E-state index contributed by atoms with van der Waals surface area (Å²) >= 11 is 1.45. The summed E-state index contributed by atoms with van der Waals surface area (Å²) in [6.45, 7) is 1.91. The minimum absolute atomic E-state index is 0.219. The lowest BCUT2D eigenvalue weighted by Gasteiger charge is -2.01. The highest BCUT2D eigenvalue weighted by Crippen LogP contribution is 2.24. The third kappa shape index (κ3) is 2.07. The number of nitrogens with two attached hydrogens (primary N) is 1. The first kappa shape index (κ1) is 11.8. The standard InChI is InChI=1S/C9H14N6OS/c1-5-6(7(10)15(3)13-5)4-17-9-12-11-8(16)14(9)2/h4,10H2,1-3H3,(H,11,16). The molecule has 2 aromatic heterocycles. The molecule has 2 rings (SSSR count). The van der Waals surface area contributed by atoms with Gasteiger partial charge in [0.15, 0.2) is 5.16 Å². The zero-order chi connectivity index (χ0) is 12.6. The first-order valence-electron chi connectivity index (χ1n) is 5.03. The second-order valence-electron chi connectivity index (χ2n) is 3.73. The Balaban J connectivity index is 2.18. The number of nitrogen functional groups attached to an aromatic ring is 1. The number of rotatable bonds is 3. The minimum Gasteiger partial charge on any atom is -0.384 e. The molecule has 0 saturated heterocycles. The van der Waals surface area contributed by atoms with Gasteiger partial charge in [-0.1, -0.05) is 11.8 Å². The Morgan fingerprint density at radius 1 is 1.47 bits per heavy atom. The van der Waals surface area contributed by atoms with E-state index in [9.17, 15) is 4.79 Å². The van der Waals surface area contributed by atoms with Crippen molar-refractivity contribution in [3.63, 3.8) is 0 Å². The van der Waals surface area contributed by atoms with E-state index in [1.807, 2.05) is 6.92 Å². The van der Waals surface area contributed by atoms with Gasteiger partial charge in [0.2, 0.25) is 0 Å². The van der Waals surface area contributed by atoms with Crippen molar-refractivity contribution < 1.29 is 0 Å². The average Bonchev–Trinajstić information content (AvgIpc) is 2.71. The molecule has 0 amide bonds. The lowest BCUT2D eigenvalue weighted by molar-refractivity contribution is 0.765. The number of hydrogen-bond donors (Lipinski definition) is 2. The molecule has 0 saturated carbocycles. The van der Waals surface area contributed by atoms with E-state index >= 15 is 0 Å². The summed E-state index contributed by atoms with van der Waals surface area (Å²) in [6.07, 6.45) is 0. The van der Waals surface area contributed by atoms with Crippen LogP contribution in [0.25, 0.3) is 0 Å². The SMILES string of the molecule is Cc1nn(C)c(N)c1CSc1n[nH]c(=O)n1C. The van der Waals surface area contributed by atoms with Crippen LogP contribution in [0, 0.1) is 6.92 Å². The van der Waals surface area contributed by atoms with Crippen LogP contribution in [-0.4, -0.2) is 24.5 Å². The van der Waals surface area contributed by atoms with Crippen molar-refractivity contribution in [2.75, 3.05) is 5.73 Å². The van der Waals surface area contributed by atoms with Crippen LogP contribution in [0.2, 0.25) is 0 Å². The van der Waals surface area contributed by atoms with E-state index in [0.717, 1.165) is 11.3 Å². The molecular weight excluding hydrogens is 240 g/mol. The monoisotopic (exact) mass is 254 g/mol. The van der Waals surface area contributed by atoms with Gasteiger partial charge in [-0.25, -0.2) is 9.89 Å². The Hall–Kier alpha value is -1.70. The molecule has 0 atom stereocenters. The molecule has 8 heteroatoms. The van der Waals surface area contributed by atoms with E-state index < -0.39 is 0 Å². The second-order valence-corrected chi connectivity index (χ2v) is 4.67. The Labute approximate surface area is 102 Å². The van der Waals surface area contributed by atoms with Crippen LogP contribution in [0.1, 0.15) is 11.3 Å². The first-order valence-corrected chi connectivity index (χ1v) is 6.01. The number of nitrogens with one attached hydrogen (secondary N) is 1. The maximum atomic E-state index is 11.2. The predicted octanol–water partition coefficient (Wildman–Crippen LogP) is 0.0248. The van der Waals surface area contributed by atoms with Gasteiger partial charge in [-0.05, 0) is 6.92 Å². The highest BCUT2D eigenvalue weighted by Gasteiger charge is 2.12. The molecule has 3 N–H and O–H groups in total. The lowest BCUT2D eigenvalue weighted by atomic mass is 10.3. The molecule has 0 aromatic carbocycles. The third-order valence-electron chi connectivity index (χ3n) is 2.58. The topological polar surface area (TPSA) is 94.5 Å². The third-order valence-corrected chi connectivity index (χ3v) is 3.64. The van der Waals surface area contributed by atoms with E-state index in [4.69, 9.17) is 5.73 Å². The molecule has 0 spiro atoms. The normalized spacial score (nSPS) is 11.0. The summed E-state index contributed by atoms with van der Waals surface area (Å²) in [5.74, 6) is 1.29. The van der Waals surface area contributed by atoms with Crippen LogP contribution in [0.3, 0.4) is 0 Å². The Kier molecular flexibility index (Phi) is 2.97. The van der Waals surface area contributed by atoms with Gasteiger partial charge < -0.3 is 5.73 Å². The van der Waals surface area contributed by atoms with Crippen molar-refractivity contribution >= 4 is 17.6 Å². The molecule has 0 aliphatic heterocycles. The van der Waals surface area contributed by atoms with Crippen molar-refractivity contribution in [2.45, 2.75) is 17.8 Å². The molecule has 0 fully saturated rings. The van der Waals surface area contributed by atoms with E-state index in [1.54, 1.807) is 18.8 Å². The van der Waals surface area contributed by atoms with Gasteiger partial charge in [0, 0.05) is 25.4 Å². The summed E-state index contributed by atoms with van der Waals surface area (Å²) in [7, 11) is 3.48. The zero-order valence-corrected chi connectivity index (χ0v) is 10.7.